The van der Waals surface area contributed by atoms with Gasteiger partial charge in [0.1, 0.15) is 5.75 Å². The van der Waals surface area contributed by atoms with E-state index in [1.807, 2.05) is 30.3 Å². The van der Waals surface area contributed by atoms with Crippen molar-refractivity contribution in [1.82, 2.24) is 4.98 Å². The number of pyridine rings is 1. The molecule has 0 unspecified atom stereocenters. The quantitative estimate of drug-likeness (QED) is 0.915. The van der Waals surface area contributed by atoms with Gasteiger partial charge in [-0.1, -0.05) is 22.0 Å². The van der Waals surface area contributed by atoms with Gasteiger partial charge in [-0.3, -0.25) is 0 Å². The highest BCUT2D eigenvalue weighted by Gasteiger charge is 2.00. The number of hydrogen-bond donors (Lipinski definition) is 1. The number of nitrogens with zero attached hydrogens (tertiary/aromatic N) is 1. The lowest BCUT2D eigenvalue weighted by Crippen LogP contribution is -2.00. The normalized spacial score (nSPS) is 10.1. The molecule has 5 heteroatoms. The summed E-state index contributed by atoms with van der Waals surface area (Å²) in [7, 11) is 3.26. The Kier molecular flexibility index (Phi) is 4.63. The lowest BCUT2D eigenvalue weighted by Gasteiger charge is -2.09. The number of methoxy groups -OCH3 is 2. The minimum absolute atomic E-state index is 0.618. The molecule has 100 valence electrons. The molecule has 0 aliphatic heterocycles. The molecule has 1 heterocycles. The first-order chi connectivity index (χ1) is 9.21. The molecule has 0 aliphatic rings. The van der Waals surface area contributed by atoms with E-state index in [-0.39, 0.29) is 0 Å². The molecule has 1 aromatic heterocycles. The molecule has 2 rings (SSSR count). The first-order valence-electron chi connectivity index (χ1n) is 5.78. The molecule has 0 atom stereocenters. The Bertz CT molecular complexity index is 544. The molecule has 0 amide bonds. The zero-order chi connectivity index (χ0) is 13.7. The average Bonchev–Trinajstić information content (AvgIpc) is 2.45. The number of anilines is 1. The van der Waals surface area contributed by atoms with Crippen molar-refractivity contribution in [3.8, 4) is 11.6 Å². The van der Waals surface area contributed by atoms with Crippen LogP contribution in [0.15, 0.2) is 41.0 Å². The maximum Gasteiger partial charge on any atom is 0.212 e. The maximum atomic E-state index is 5.22. The van der Waals surface area contributed by atoms with Crippen LogP contribution in [-0.2, 0) is 6.54 Å². The number of rotatable bonds is 5. The lowest BCUT2D eigenvalue weighted by molar-refractivity contribution is 0.397. The molecule has 0 aliphatic carbocycles. The third kappa shape index (κ3) is 3.86. The highest BCUT2D eigenvalue weighted by molar-refractivity contribution is 9.10. The highest BCUT2D eigenvalue weighted by Crippen LogP contribution is 2.24. The highest BCUT2D eigenvalue weighted by atomic mass is 79.9. The van der Waals surface area contributed by atoms with Gasteiger partial charge < -0.3 is 14.8 Å². The van der Waals surface area contributed by atoms with Gasteiger partial charge in [0.2, 0.25) is 5.88 Å². The summed E-state index contributed by atoms with van der Waals surface area (Å²) in [6.45, 7) is 0.691. The zero-order valence-electron chi connectivity index (χ0n) is 10.8. The number of aromatic nitrogens is 1. The van der Waals surface area contributed by atoms with Crippen LogP contribution in [0, 0.1) is 0 Å². The Balaban J connectivity index is 2.03. The average molecular weight is 323 g/mol. The van der Waals surface area contributed by atoms with Crippen LogP contribution in [0.3, 0.4) is 0 Å². The van der Waals surface area contributed by atoms with Gasteiger partial charge in [-0.05, 0) is 17.7 Å². The number of benzene rings is 1. The summed E-state index contributed by atoms with van der Waals surface area (Å²) in [6, 6.07) is 9.69. The van der Waals surface area contributed by atoms with Crippen molar-refractivity contribution in [2.75, 3.05) is 19.5 Å². The van der Waals surface area contributed by atoms with Gasteiger partial charge in [0, 0.05) is 35.0 Å². The zero-order valence-corrected chi connectivity index (χ0v) is 12.4. The summed E-state index contributed by atoms with van der Waals surface area (Å²) in [5, 5.41) is 3.32. The fourth-order valence-electron chi connectivity index (χ4n) is 1.62. The molecule has 0 bridgehead atoms. The first-order valence-corrected chi connectivity index (χ1v) is 6.58. The predicted molar refractivity (Wildman–Crippen MR) is 78.8 cm³/mol. The summed E-state index contributed by atoms with van der Waals surface area (Å²) in [6.07, 6.45) is 1.79. The molecule has 0 saturated carbocycles. The van der Waals surface area contributed by atoms with Gasteiger partial charge in [-0.15, -0.1) is 0 Å². The summed E-state index contributed by atoms with van der Waals surface area (Å²) < 4.78 is 11.2. The van der Waals surface area contributed by atoms with Crippen LogP contribution in [0.25, 0.3) is 0 Å². The van der Waals surface area contributed by atoms with E-state index in [4.69, 9.17) is 9.47 Å². The SMILES string of the molecule is COc1cc(Br)cc(NCc2ccc(OC)nc2)c1. The van der Waals surface area contributed by atoms with Crippen LogP contribution in [0.4, 0.5) is 5.69 Å². The monoisotopic (exact) mass is 322 g/mol. The maximum absolute atomic E-state index is 5.22. The van der Waals surface area contributed by atoms with Gasteiger partial charge in [0.05, 0.1) is 14.2 Å². The molecule has 1 N–H and O–H groups in total. The van der Waals surface area contributed by atoms with E-state index in [0.29, 0.717) is 12.4 Å². The number of hydrogen-bond acceptors (Lipinski definition) is 4. The Morgan fingerprint density at radius 1 is 1.16 bits per heavy atom. The van der Waals surface area contributed by atoms with Gasteiger partial charge in [0.25, 0.3) is 0 Å². The topological polar surface area (TPSA) is 43.4 Å². The minimum atomic E-state index is 0.618. The molecular formula is C14H15BrN2O2. The third-order valence-electron chi connectivity index (χ3n) is 2.61. The van der Waals surface area contributed by atoms with E-state index >= 15 is 0 Å². The Morgan fingerprint density at radius 3 is 2.63 bits per heavy atom. The van der Waals surface area contributed by atoms with Crippen LogP contribution < -0.4 is 14.8 Å². The van der Waals surface area contributed by atoms with Crippen molar-refractivity contribution in [3.63, 3.8) is 0 Å². The fourth-order valence-corrected chi connectivity index (χ4v) is 2.10. The van der Waals surface area contributed by atoms with E-state index in [0.717, 1.165) is 21.5 Å². The third-order valence-corrected chi connectivity index (χ3v) is 3.07. The van der Waals surface area contributed by atoms with Crippen molar-refractivity contribution in [2.45, 2.75) is 6.54 Å². The van der Waals surface area contributed by atoms with Crippen molar-refractivity contribution in [2.24, 2.45) is 0 Å². The standard InChI is InChI=1S/C14H15BrN2O2/c1-18-13-6-11(15)5-12(7-13)16-8-10-3-4-14(19-2)17-9-10/h3-7,9,16H,8H2,1-2H3. The second kappa shape index (κ2) is 6.43. The molecular weight excluding hydrogens is 308 g/mol. The summed E-state index contributed by atoms with van der Waals surface area (Å²) in [4.78, 5) is 4.16. The van der Waals surface area contributed by atoms with Crippen molar-refractivity contribution in [1.29, 1.82) is 0 Å². The second-order valence-corrected chi connectivity index (χ2v) is 4.86. The molecule has 19 heavy (non-hydrogen) atoms. The fraction of sp³-hybridized carbons (Fsp3) is 0.214. The van der Waals surface area contributed by atoms with Crippen LogP contribution in [0.1, 0.15) is 5.56 Å². The van der Waals surface area contributed by atoms with E-state index < -0.39 is 0 Å². The summed E-state index contributed by atoms with van der Waals surface area (Å²) in [5.74, 6) is 1.43. The molecule has 1 aromatic carbocycles. The molecule has 0 saturated heterocycles. The molecule has 0 spiro atoms. The first kappa shape index (κ1) is 13.7. The number of nitrogens with one attached hydrogen (secondary N) is 1. The molecule has 0 radical (unpaired) electrons. The number of ether oxygens (including phenoxy) is 2. The Labute approximate surface area is 120 Å². The predicted octanol–water partition coefficient (Wildman–Crippen LogP) is 3.47. The van der Waals surface area contributed by atoms with Gasteiger partial charge in [0.15, 0.2) is 0 Å². The molecule has 0 fully saturated rings. The van der Waals surface area contributed by atoms with Crippen LogP contribution in [0.2, 0.25) is 0 Å². The van der Waals surface area contributed by atoms with E-state index in [1.165, 1.54) is 0 Å². The van der Waals surface area contributed by atoms with Crippen molar-refractivity contribution >= 4 is 21.6 Å². The van der Waals surface area contributed by atoms with Gasteiger partial charge >= 0.3 is 0 Å². The van der Waals surface area contributed by atoms with Crippen LogP contribution >= 0.6 is 15.9 Å². The summed E-state index contributed by atoms with van der Waals surface area (Å²) in [5.41, 5.74) is 2.07. The lowest BCUT2D eigenvalue weighted by atomic mass is 10.2. The Morgan fingerprint density at radius 2 is 2.00 bits per heavy atom. The van der Waals surface area contributed by atoms with Gasteiger partial charge in [-0.2, -0.15) is 0 Å². The van der Waals surface area contributed by atoms with Crippen LogP contribution in [0.5, 0.6) is 11.6 Å². The van der Waals surface area contributed by atoms with Gasteiger partial charge in [-0.25, -0.2) is 4.98 Å². The smallest absolute Gasteiger partial charge is 0.212 e. The van der Waals surface area contributed by atoms with Crippen molar-refractivity contribution < 1.29 is 9.47 Å². The Hall–Kier alpha value is -1.75. The summed E-state index contributed by atoms with van der Waals surface area (Å²) >= 11 is 3.45. The van der Waals surface area contributed by atoms with E-state index in [2.05, 4.69) is 26.2 Å². The minimum Gasteiger partial charge on any atom is -0.497 e. The second-order valence-electron chi connectivity index (χ2n) is 3.94. The van der Waals surface area contributed by atoms with E-state index in [1.54, 1.807) is 20.4 Å². The largest absolute Gasteiger partial charge is 0.497 e. The van der Waals surface area contributed by atoms with Crippen molar-refractivity contribution in [3.05, 3.63) is 46.6 Å². The van der Waals surface area contributed by atoms with E-state index in [9.17, 15) is 0 Å². The van der Waals surface area contributed by atoms with Crippen LogP contribution in [-0.4, -0.2) is 19.2 Å². The molecule has 4 nitrogen and oxygen atoms in total. The number of halogens is 1. The molecule has 2 aromatic rings.